The largest absolute Gasteiger partial charge is 0.300 e. The maximum absolute atomic E-state index is 6.05. The molecular weight excluding hydrogens is 273 g/mol. The zero-order chi connectivity index (χ0) is 11.3. The number of halogens is 2. The molecule has 0 heterocycles. The lowest BCUT2D eigenvalue weighted by Gasteiger charge is -2.11. The van der Waals surface area contributed by atoms with Crippen LogP contribution in [0.4, 0.5) is 0 Å². The van der Waals surface area contributed by atoms with E-state index in [2.05, 4.69) is 34.1 Å². The normalized spacial score (nSPS) is 12.1. The van der Waals surface area contributed by atoms with E-state index in [-0.39, 0.29) is 6.04 Å². The maximum Gasteiger partial charge on any atom is 0.0686 e. The van der Waals surface area contributed by atoms with Crippen molar-refractivity contribution < 1.29 is 0 Å². The molecule has 1 N–H and O–H groups in total. The van der Waals surface area contributed by atoms with E-state index < -0.39 is 0 Å². The summed E-state index contributed by atoms with van der Waals surface area (Å²) >= 11 is 9.46. The molecule has 0 fully saturated rings. The van der Waals surface area contributed by atoms with Gasteiger partial charge in [0.15, 0.2) is 0 Å². The van der Waals surface area contributed by atoms with Gasteiger partial charge in [-0.3, -0.25) is 5.32 Å². The van der Waals surface area contributed by atoms with Gasteiger partial charge in [0.2, 0.25) is 0 Å². The van der Waals surface area contributed by atoms with Gasteiger partial charge in [-0.15, -0.1) is 6.42 Å². The molecule has 0 aliphatic heterocycles. The second-order valence-corrected chi connectivity index (χ2v) is 4.57. The Morgan fingerprint density at radius 1 is 1.60 bits per heavy atom. The Balaban J connectivity index is 2.65. The minimum Gasteiger partial charge on any atom is -0.300 e. The summed E-state index contributed by atoms with van der Waals surface area (Å²) in [5.74, 6) is 2.69. The van der Waals surface area contributed by atoms with Crippen LogP contribution in [0.2, 0.25) is 5.02 Å². The first kappa shape index (κ1) is 12.6. The highest BCUT2D eigenvalue weighted by Crippen LogP contribution is 2.20. The van der Waals surface area contributed by atoms with Crippen LogP contribution in [0.5, 0.6) is 0 Å². The number of benzene rings is 1. The van der Waals surface area contributed by atoms with Crippen molar-refractivity contribution in [3.05, 3.63) is 33.3 Å². The van der Waals surface area contributed by atoms with Crippen LogP contribution in [0.3, 0.4) is 0 Å². The molecule has 0 aliphatic carbocycles. The van der Waals surface area contributed by atoms with E-state index >= 15 is 0 Å². The molecule has 1 unspecified atom stereocenters. The molecule has 0 aromatic heterocycles. The van der Waals surface area contributed by atoms with Gasteiger partial charge in [-0.25, -0.2) is 0 Å². The number of terminal acetylenes is 1. The van der Waals surface area contributed by atoms with E-state index in [1.165, 1.54) is 0 Å². The topological polar surface area (TPSA) is 12.0 Å². The highest BCUT2D eigenvalue weighted by Gasteiger charge is 2.04. The predicted molar refractivity (Wildman–Crippen MR) is 68.9 cm³/mol. The molecule has 0 amide bonds. The lowest BCUT2D eigenvalue weighted by Crippen LogP contribution is -2.26. The second-order valence-electron chi connectivity index (χ2n) is 3.24. The predicted octanol–water partition coefficient (Wildman–Crippen LogP) is 3.60. The summed E-state index contributed by atoms with van der Waals surface area (Å²) in [6.45, 7) is 2.75. The van der Waals surface area contributed by atoms with Crippen molar-refractivity contribution in [3.8, 4) is 12.3 Å². The van der Waals surface area contributed by atoms with Gasteiger partial charge in [-0.1, -0.05) is 40.4 Å². The van der Waals surface area contributed by atoms with Crippen molar-refractivity contribution in [2.24, 2.45) is 0 Å². The molecule has 0 radical (unpaired) electrons. The van der Waals surface area contributed by atoms with Gasteiger partial charge in [0.05, 0.1) is 6.04 Å². The van der Waals surface area contributed by atoms with Gasteiger partial charge < -0.3 is 0 Å². The fourth-order valence-corrected chi connectivity index (χ4v) is 1.83. The van der Waals surface area contributed by atoms with Crippen LogP contribution in [-0.2, 0) is 6.54 Å². The highest BCUT2D eigenvalue weighted by atomic mass is 79.9. The monoisotopic (exact) mass is 285 g/mol. The third-order valence-corrected chi connectivity index (χ3v) is 3.02. The molecule has 0 bridgehead atoms. The van der Waals surface area contributed by atoms with E-state index in [0.717, 1.165) is 21.5 Å². The molecule has 1 rings (SSSR count). The molecule has 80 valence electrons. The first-order valence-electron chi connectivity index (χ1n) is 4.80. The van der Waals surface area contributed by atoms with Gasteiger partial charge in [0.1, 0.15) is 0 Å². The molecule has 0 saturated carbocycles. The Kier molecular flexibility index (Phi) is 5.17. The number of rotatable bonds is 4. The molecule has 15 heavy (non-hydrogen) atoms. The Bertz CT molecular complexity index is 370. The van der Waals surface area contributed by atoms with E-state index in [1.807, 2.05) is 18.2 Å². The van der Waals surface area contributed by atoms with Gasteiger partial charge in [-0.2, -0.15) is 0 Å². The van der Waals surface area contributed by atoms with Crippen LogP contribution in [0, 0.1) is 12.3 Å². The fraction of sp³-hybridized carbons (Fsp3) is 0.333. The first-order valence-corrected chi connectivity index (χ1v) is 5.98. The smallest absolute Gasteiger partial charge is 0.0686 e. The molecule has 0 saturated heterocycles. The standard InChI is InChI=1S/C12H13BrClN/c1-3-11(4-2)15-8-9-7-10(13)5-6-12(9)14/h1,5-7,11,15H,4,8H2,2H3. The minimum absolute atomic E-state index is 0.111. The fourth-order valence-electron chi connectivity index (χ4n) is 1.23. The lowest BCUT2D eigenvalue weighted by molar-refractivity contribution is 0.592. The average Bonchev–Trinajstić information content (AvgIpc) is 2.24. The summed E-state index contributed by atoms with van der Waals surface area (Å²) in [5.41, 5.74) is 1.06. The Hall–Kier alpha value is -0.490. The van der Waals surface area contributed by atoms with Crippen LogP contribution in [-0.4, -0.2) is 6.04 Å². The summed E-state index contributed by atoms with van der Waals surface area (Å²) in [4.78, 5) is 0. The number of nitrogens with one attached hydrogen (secondary N) is 1. The van der Waals surface area contributed by atoms with Crippen molar-refractivity contribution in [2.75, 3.05) is 0 Å². The van der Waals surface area contributed by atoms with E-state index in [4.69, 9.17) is 18.0 Å². The van der Waals surface area contributed by atoms with Gasteiger partial charge in [-0.05, 0) is 30.2 Å². The van der Waals surface area contributed by atoms with Crippen molar-refractivity contribution in [3.63, 3.8) is 0 Å². The molecule has 1 nitrogen and oxygen atoms in total. The quantitative estimate of drug-likeness (QED) is 0.834. The third kappa shape index (κ3) is 3.87. The van der Waals surface area contributed by atoms with Crippen LogP contribution >= 0.6 is 27.5 Å². The van der Waals surface area contributed by atoms with E-state index in [1.54, 1.807) is 0 Å². The van der Waals surface area contributed by atoms with Crippen molar-refractivity contribution in [1.29, 1.82) is 0 Å². The minimum atomic E-state index is 0.111. The van der Waals surface area contributed by atoms with Crippen LogP contribution in [0.15, 0.2) is 22.7 Å². The Morgan fingerprint density at radius 3 is 2.93 bits per heavy atom. The van der Waals surface area contributed by atoms with Crippen LogP contribution in [0.1, 0.15) is 18.9 Å². The third-order valence-electron chi connectivity index (χ3n) is 2.16. The Labute approximate surface area is 104 Å². The zero-order valence-electron chi connectivity index (χ0n) is 8.56. The highest BCUT2D eigenvalue weighted by molar-refractivity contribution is 9.10. The van der Waals surface area contributed by atoms with Gasteiger partial charge in [0, 0.05) is 16.0 Å². The summed E-state index contributed by atoms with van der Waals surface area (Å²) in [7, 11) is 0. The van der Waals surface area contributed by atoms with Crippen LogP contribution in [0.25, 0.3) is 0 Å². The molecule has 1 atom stereocenters. The SMILES string of the molecule is C#CC(CC)NCc1cc(Br)ccc1Cl. The second kappa shape index (κ2) is 6.17. The average molecular weight is 287 g/mol. The van der Waals surface area contributed by atoms with E-state index in [9.17, 15) is 0 Å². The van der Waals surface area contributed by atoms with Gasteiger partial charge in [0.25, 0.3) is 0 Å². The molecule has 1 aromatic rings. The lowest BCUT2D eigenvalue weighted by atomic mass is 10.2. The Morgan fingerprint density at radius 2 is 2.33 bits per heavy atom. The summed E-state index contributed by atoms with van der Waals surface area (Å²) in [6.07, 6.45) is 6.28. The molecule has 0 spiro atoms. The number of hydrogen-bond donors (Lipinski definition) is 1. The van der Waals surface area contributed by atoms with Gasteiger partial charge >= 0.3 is 0 Å². The molecule has 1 aromatic carbocycles. The summed E-state index contributed by atoms with van der Waals surface area (Å²) < 4.78 is 1.03. The number of hydrogen-bond acceptors (Lipinski definition) is 1. The molecule has 0 aliphatic rings. The zero-order valence-corrected chi connectivity index (χ0v) is 10.9. The van der Waals surface area contributed by atoms with Crippen molar-refractivity contribution in [2.45, 2.75) is 25.9 Å². The summed E-state index contributed by atoms with van der Waals surface area (Å²) in [6, 6.07) is 5.91. The maximum atomic E-state index is 6.05. The molecular formula is C12H13BrClN. The van der Waals surface area contributed by atoms with Crippen LogP contribution < -0.4 is 5.32 Å². The first-order chi connectivity index (χ1) is 7.17. The molecule has 3 heteroatoms. The van der Waals surface area contributed by atoms with Crippen molar-refractivity contribution in [1.82, 2.24) is 5.32 Å². The van der Waals surface area contributed by atoms with E-state index in [0.29, 0.717) is 6.54 Å². The van der Waals surface area contributed by atoms with Crippen molar-refractivity contribution >= 4 is 27.5 Å². The summed E-state index contributed by atoms with van der Waals surface area (Å²) in [5, 5.41) is 4.02.